The molecule has 2 aromatic carbocycles. The highest BCUT2D eigenvalue weighted by atomic mass is 35.5. The molecule has 0 unspecified atom stereocenters. The molecule has 0 aromatic heterocycles. The van der Waals surface area contributed by atoms with Crippen molar-refractivity contribution in [2.75, 3.05) is 24.2 Å². The summed E-state index contributed by atoms with van der Waals surface area (Å²) in [5.41, 5.74) is 7.48. The summed E-state index contributed by atoms with van der Waals surface area (Å²) in [5.74, 6) is 0.808. The number of para-hydroxylation sites is 2. The first kappa shape index (κ1) is 12.6. The van der Waals surface area contributed by atoms with Crippen LogP contribution in [0.4, 0.5) is 11.4 Å². The molecule has 2 aromatic rings. The maximum Gasteiger partial charge on any atom is 0.119 e. The topological polar surface area (TPSA) is 47.3 Å². The van der Waals surface area contributed by atoms with Crippen LogP contribution in [0.15, 0.2) is 48.5 Å². The summed E-state index contributed by atoms with van der Waals surface area (Å²) in [7, 11) is 0. The first-order valence-corrected chi connectivity index (χ1v) is 6.10. The van der Waals surface area contributed by atoms with Crippen LogP contribution in [0.2, 0.25) is 5.02 Å². The van der Waals surface area contributed by atoms with Crippen LogP contribution < -0.4 is 15.8 Å². The van der Waals surface area contributed by atoms with Gasteiger partial charge in [-0.15, -0.1) is 0 Å². The molecule has 4 heteroatoms. The maximum atomic E-state index is 5.81. The third kappa shape index (κ3) is 3.57. The number of anilines is 2. The van der Waals surface area contributed by atoms with Gasteiger partial charge in [0.2, 0.25) is 0 Å². The number of benzene rings is 2. The number of halogens is 1. The van der Waals surface area contributed by atoms with E-state index in [4.69, 9.17) is 22.1 Å². The second-order valence-corrected chi connectivity index (χ2v) is 4.25. The van der Waals surface area contributed by atoms with Gasteiger partial charge in [0.15, 0.2) is 0 Å². The molecule has 0 saturated heterocycles. The lowest BCUT2D eigenvalue weighted by molar-refractivity contribution is 0.333. The predicted octanol–water partition coefficient (Wildman–Crippen LogP) is 3.41. The number of hydrogen-bond acceptors (Lipinski definition) is 3. The maximum absolute atomic E-state index is 5.81. The SMILES string of the molecule is Nc1ccccc1NCCOc1ccc(Cl)cc1. The largest absolute Gasteiger partial charge is 0.492 e. The minimum absolute atomic E-state index is 0.565. The van der Waals surface area contributed by atoms with Gasteiger partial charge in [-0.1, -0.05) is 23.7 Å². The van der Waals surface area contributed by atoms with Gasteiger partial charge in [0.05, 0.1) is 11.4 Å². The highest BCUT2D eigenvalue weighted by Crippen LogP contribution is 2.17. The van der Waals surface area contributed by atoms with Gasteiger partial charge in [0.1, 0.15) is 12.4 Å². The molecular formula is C14H15ClN2O. The zero-order chi connectivity index (χ0) is 12.8. The Hall–Kier alpha value is -1.87. The van der Waals surface area contributed by atoms with Crippen molar-refractivity contribution < 1.29 is 4.74 Å². The highest BCUT2D eigenvalue weighted by molar-refractivity contribution is 6.30. The molecule has 18 heavy (non-hydrogen) atoms. The van der Waals surface area contributed by atoms with Crippen molar-refractivity contribution in [1.82, 2.24) is 0 Å². The third-order valence-corrected chi connectivity index (χ3v) is 2.71. The molecule has 0 saturated carbocycles. The smallest absolute Gasteiger partial charge is 0.119 e. The van der Waals surface area contributed by atoms with Crippen LogP contribution in [-0.2, 0) is 0 Å². The Morgan fingerprint density at radius 3 is 2.50 bits per heavy atom. The molecule has 0 amide bonds. The van der Waals surface area contributed by atoms with Crippen molar-refractivity contribution in [2.24, 2.45) is 0 Å². The van der Waals surface area contributed by atoms with Gasteiger partial charge in [-0.05, 0) is 36.4 Å². The summed E-state index contributed by atoms with van der Waals surface area (Å²) >= 11 is 5.79. The summed E-state index contributed by atoms with van der Waals surface area (Å²) in [6, 6.07) is 15.0. The van der Waals surface area contributed by atoms with Gasteiger partial charge in [-0.2, -0.15) is 0 Å². The number of nitrogens with two attached hydrogens (primary N) is 1. The lowest BCUT2D eigenvalue weighted by Gasteiger charge is -2.10. The van der Waals surface area contributed by atoms with E-state index in [1.165, 1.54) is 0 Å². The normalized spacial score (nSPS) is 10.1. The summed E-state index contributed by atoms with van der Waals surface area (Å²) in [4.78, 5) is 0. The van der Waals surface area contributed by atoms with Crippen molar-refractivity contribution >= 4 is 23.0 Å². The predicted molar refractivity (Wildman–Crippen MR) is 76.3 cm³/mol. The Labute approximate surface area is 112 Å². The molecule has 3 N–H and O–H groups in total. The Bertz CT molecular complexity index is 499. The van der Waals surface area contributed by atoms with Crippen LogP contribution in [0.25, 0.3) is 0 Å². The second kappa shape index (κ2) is 6.17. The highest BCUT2D eigenvalue weighted by Gasteiger charge is 1.97. The molecule has 0 heterocycles. The van der Waals surface area contributed by atoms with E-state index in [2.05, 4.69) is 5.32 Å². The molecule has 0 aliphatic rings. The summed E-state index contributed by atoms with van der Waals surface area (Å²) < 4.78 is 5.56. The lowest BCUT2D eigenvalue weighted by atomic mass is 10.3. The fraction of sp³-hybridized carbons (Fsp3) is 0.143. The van der Waals surface area contributed by atoms with E-state index in [9.17, 15) is 0 Å². The fourth-order valence-corrected chi connectivity index (χ4v) is 1.67. The van der Waals surface area contributed by atoms with Crippen LogP contribution in [0.5, 0.6) is 5.75 Å². The molecule has 0 atom stereocenters. The van der Waals surface area contributed by atoms with E-state index in [-0.39, 0.29) is 0 Å². The van der Waals surface area contributed by atoms with Gasteiger partial charge in [-0.3, -0.25) is 0 Å². The van der Waals surface area contributed by atoms with Crippen molar-refractivity contribution in [3.63, 3.8) is 0 Å². The van der Waals surface area contributed by atoms with Crippen LogP contribution in [0, 0.1) is 0 Å². The monoisotopic (exact) mass is 262 g/mol. The second-order valence-electron chi connectivity index (χ2n) is 3.82. The molecule has 0 spiro atoms. The Kier molecular flexibility index (Phi) is 4.31. The quantitative estimate of drug-likeness (QED) is 0.641. The van der Waals surface area contributed by atoms with Crippen LogP contribution in [-0.4, -0.2) is 13.2 Å². The van der Waals surface area contributed by atoms with E-state index >= 15 is 0 Å². The van der Waals surface area contributed by atoms with Gasteiger partial charge >= 0.3 is 0 Å². The molecule has 0 radical (unpaired) electrons. The van der Waals surface area contributed by atoms with E-state index in [0.29, 0.717) is 18.2 Å². The van der Waals surface area contributed by atoms with E-state index in [0.717, 1.165) is 17.1 Å². The van der Waals surface area contributed by atoms with Gasteiger partial charge in [0, 0.05) is 11.6 Å². The van der Waals surface area contributed by atoms with Gasteiger partial charge < -0.3 is 15.8 Å². The zero-order valence-corrected chi connectivity index (χ0v) is 10.7. The minimum atomic E-state index is 0.565. The van der Waals surface area contributed by atoms with Gasteiger partial charge in [-0.25, -0.2) is 0 Å². The van der Waals surface area contributed by atoms with Crippen molar-refractivity contribution in [3.8, 4) is 5.75 Å². The third-order valence-electron chi connectivity index (χ3n) is 2.46. The van der Waals surface area contributed by atoms with Crippen LogP contribution in [0.3, 0.4) is 0 Å². The zero-order valence-electron chi connectivity index (χ0n) is 9.90. The first-order chi connectivity index (χ1) is 8.75. The molecule has 94 valence electrons. The molecular weight excluding hydrogens is 248 g/mol. The standard InChI is InChI=1S/C14H15ClN2O/c15-11-5-7-12(8-6-11)18-10-9-17-14-4-2-1-3-13(14)16/h1-8,17H,9-10,16H2. The lowest BCUT2D eigenvalue weighted by Crippen LogP contribution is -2.12. The number of nitrogen functional groups attached to an aromatic ring is 1. The molecule has 0 fully saturated rings. The Balaban J connectivity index is 1.76. The van der Waals surface area contributed by atoms with Crippen molar-refractivity contribution in [3.05, 3.63) is 53.6 Å². The Morgan fingerprint density at radius 2 is 1.78 bits per heavy atom. The number of hydrogen-bond donors (Lipinski definition) is 2. The molecule has 2 rings (SSSR count). The van der Waals surface area contributed by atoms with E-state index in [1.807, 2.05) is 36.4 Å². The summed E-state index contributed by atoms with van der Waals surface area (Å²) in [6.07, 6.45) is 0. The summed E-state index contributed by atoms with van der Waals surface area (Å²) in [5, 5.41) is 3.92. The Morgan fingerprint density at radius 1 is 1.06 bits per heavy atom. The molecule has 3 nitrogen and oxygen atoms in total. The van der Waals surface area contributed by atoms with Crippen LogP contribution >= 0.6 is 11.6 Å². The first-order valence-electron chi connectivity index (χ1n) is 5.72. The van der Waals surface area contributed by atoms with Crippen molar-refractivity contribution in [1.29, 1.82) is 0 Å². The average molecular weight is 263 g/mol. The number of nitrogens with one attached hydrogen (secondary N) is 1. The fourth-order valence-electron chi connectivity index (χ4n) is 1.54. The minimum Gasteiger partial charge on any atom is -0.492 e. The molecule has 0 bridgehead atoms. The van der Waals surface area contributed by atoms with E-state index < -0.39 is 0 Å². The summed E-state index contributed by atoms with van der Waals surface area (Å²) in [6.45, 7) is 1.26. The van der Waals surface area contributed by atoms with E-state index in [1.54, 1.807) is 12.1 Å². The van der Waals surface area contributed by atoms with Crippen LogP contribution in [0.1, 0.15) is 0 Å². The van der Waals surface area contributed by atoms with Gasteiger partial charge in [0.25, 0.3) is 0 Å². The average Bonchev–Trinajstić information content (AvgIpc) is 2.39. The molecule has 0 aliphatic carbocycles. The molecule has 0 aliphatic heterocycles. The van der Waals surface area contributed by atoms with Crippen molar-refractivity contribution in [2.45, 2.75) is 0 Å². The number of rotatable bonds is 5. The number of ether oxygens (including phenoxy) is 1.